The van der Waals surface area contributed by atoms with Crippen molar-refractivity contribution in [2.75, 3.05) is 0 Å². The highest BCUT2D eigenvalue weighted by Crippen LogP contribution is 2.20. The number of hydrogen-bond acceptors (Lipinski definition) is 2. The first kappa shape index (κ1) is 10.8. The predicted octanol–water partition coefficient (Wildman–Crippen LogP) is 3.93. The van der Waals surface area contributed by atoms with Gasteiger partial charge in [0.25, 0.3) is 0 Å². The van der Waals surface area contributed by atoms with Gasteiger partial charge in [0.2, 0.25) is 5.89 Å². The summed E-state index contributed by atoms with van der Waals surface area (Å²) in [7, 11) is 0. The van der Waals surface area contributed by atoms with Crippen molar-refractivity contribution in [1.29, 1.82) is 0 Å². The fourth-order valence-corrected chi connectivity index (χ4v) is 1.90. The highest BCUT2D eigenvalue weighted by atomic mass is 16.4. The predicted molar refractivity (Wildman–Crippen MR) is 71.2 cm³/mol. The van der Waals surface area contributed by atoms with E-state index in [1.807, 2.05) is 48.5 Å². The maximum Gasteiger partial charge on any atom is 0.226 e. The molecule has 0 aliphatic carbocycles. The molecular formula is C16H13NO. The van der Waals surface area contributed by atoms with Gasteiger partial charge in [0.15, 0.2) is 0 Å². The van der Waals surface area contributed by atoms with E-state index < -0.39 is 0 Å². The van der Waals surface area contributed by atoms with Crippen molar-refractivity contribution in [1.82, 2.24) is 4.98 Å². The summed E-state index contributed by atoms with van der Waals surface area (Å²) in [5.41, 5.74) is 2.24. The Balaban J connectivity index is 1.82. The molecule has 0 fully saturated rings. The van der Waals surface area contributed by atoms with Crippen molar-refractivity contribution in [3.8, 4) is 11.5 Å². The number of rotatable bonds is 3. The SMILES string of the molecule is c1ccc(Cc2cnc(-c3ccccc3)o2)cc1. The summed E-state index contributed by atoms with van der Waals surface area (Å²) in [6.07, 6.45) is 2.58. The lowest BCUT2D eigenvalue weighted by molar-refractivity contribution is 0.529. The summed E-state index contributed by atoms with van der Waals surface area (Å²) in [6.45, 7) is 0. The van der Waals surface area contributed by atoms with Crippen LogP contribution in [-0.2, 0) is 6.42 Å². The van der Waals surface area contributed by atoms with Crippen LogP contribution in [0.25, 0.3) is 11.5 Å². The van der Waals surface area contributed by atoms with Crippen LogP contribution in [-0.4, -0.2) is 4.98 Å². The molecule has 0 unspecified atom stereocenters. The molecule has 0 bridgehead atoms. The average Bonchev–Trinajstić information content (AvgIpc) is 2.89. The Labute approximate surface area is 106 Å². The lowest BCUT2D eigenvalue weighted by atomic mass is 10.1. The van der Waals surface area contributed by atoms with Gasteiger partial charge < -0.3 is 4.42 Å². The Morgan fingerprint density at radius 3 is 2.22 bits per heavy atom. The Kier molecular flexibility index (Phi) is 2.92. The van der Waals surface area contributed by atoms with E-state index in [-0.39, 0.29) is 0 Å². The summed E-state index contributed by atoms with van der Waals surface area (Å²) >= 11 is 0. The molecule has 0 aliphatic heterocycles. The maximum absolute atomic E-state index is 5.76. The normalized spacial score (nSPS) is 10.4. The first-order valence-electron chi connectivity index (χ1n) is 5.96. The second-order valence-electron chi connectivity index (χ2n) is 4.16. The van der Waals surface area contributed by atoms with E-state index in [0.717, 1.165) is 17.7 Å². The number of aromatic nitrogens is 1. The van der Waals surface area contributed by atoms with Crippen LogP contribution in [0.5, 0.6) is 0 Å². The van der Waals surface area contributed by atoms with Gasteiger partial charge in [-0.3, -0.25) is 0 Å². The Morgan fingerprint density at radius 1 is 0.833 bits per heavy atom. The van der Waals surface area contributed by atoms with E-state index in [2.05, 4.69) is 17.1 Å². The number of oxazole rings is 1. The molecule has 2 nitrogen and oxygen atoms in total. The van der Waals surface area contributed by atoms with Gasteiger partial charge in [-0.15, -0.1) is 0 Å². The van der Waals surface area contributed by atoms with E-state index >= 15 is 0 Å². The minimum absolute atomic E-state index is 0.682. The molecule has 18 heavy (non-hydrogen) atoms. The standard InChI is InChI=1S/C16H13NO/c1-3-7-13(8-4-1)11-15-12-17-16(18-15)14-9-5-2-6-10-14/h1-10,12H,11H2. The fourth-order valence-electron chi connectivity index (χ4n) is 1.90. The Bertz CT molecular complexity index is 614. The third-order valence-electron chi connectivity index (χ3n) is 2.80. The molecule has 0 aliphatic rings. The number of nitrogens with zero attached hydrogens (tertiary/aromatic N) is 1. The molecule has 0 spiro atoms. The van der Waals surface area contributed by atoms with Gasteiger partial charge in [-0.2, -0.15) is 0 Å². The summed E-state index contributed by atoms with van der Waals surface area (Å²) in [5, 5.41) is 0. The van der Waals surface area contributed by atoms with Gasteiger partial charge in [-0.1, -0.05) is 48.5 Å². The molecule has 0 N–H and O–H groups in total. The van der Waals surface area contributed by atoms with Gasteiger partial charge in [0.05, 0.1) is 6.20 Å². The average molecular weight is 235 g/mol. The van der Waals surface area contributed by atoms with Crippen molar-refractivity contribution >= 4 is 0 Å². The van der Waals surface area contributed by atoms with Crippen molar-refractivity contribution in [2.45, 2.75) is 6.42 Å². The van der Waals surface area contributed by atoms with Crippen LogP contribution in [0.2, 0.25) is 0 Å². The monoisotopic (exact) mass is 235 g/mol. The molecule has 0 saturated carbocycles. The molecule has 2 heteroatoms. The van der Waals surface area contributed by atoms with Crippen molar-refractivity contribution in [3.63, 3.8) is 0 Å². The molecule has 0 saturated heterocycles. The maximum atomic E-state index is 5.76. The van der Waals surface area contributed by atoms with E-state index in [0.29, 0.717) is 5.89 Å². The van der Waals surface area contributed by atoms with Gasteiger partial charge >= 0.3 is 0 Å². The van der Waals surface area contributed by atoms with E-state index in [1.165, 1.54) is 5.56 Å². The smallest absolute Gasteiger partial charge is 0.226 e. The zero-order valence-electron chi connectivity index (χ0n) is 9.91. The molecular weight excluding hydrogens is 222 g/mol. The number of benzene rings is 2. The summed E-state index contributed by atoms with van der Waals surface area (Å²) in [4.78, 5) is 4.32. The summed E-state index contributed by atoms with van der Waals surface area (Å²) in [6, 6.07) is 20.2. The topological polar surface area (TPSA) is 26.0 Å². The largest absolute Gasteiger partial charge is 0.441 e. The van der Waals surface area contributed by atoms with Crippen LogP contribution in [0.1, 0.15) is 11.3 Å². The number of hydrogen-bond donors (Lipinski definition) is 0. The van der Waals surface area contributed by atoms with Gasteiger partial charge in [0.1, 0.15) is 5.76 Å². The van der Waals surface area contributed by atoms with Crippen LogP contribution in [0.3, 0.4) is 0 Å². The molecule has 0 radical (unpaired) electrons. The highest BCUT2D eigenvalue weighted by molar-refractivity contribution is 5.52. The highest BCUT2D eigenvalue weighted by Gasteiger charge is 2.06. The molecule has 1 aromatic heterocycles. The minimum Gasteiger partial charge on any atom is -0.441 e. The second kappa shape index (κ2) is 4.88. The zero-order chi connectivity index (χ0) is 12.2. The van der Waals surface area contributed by atoms with Crippen LogP contribution < -0.4 is 0 Å². The van der Waals surface area contributed by atoms with E-state index in [4.69, 9.17) is 4.42 Å². The van der Waals surface area contributed by atoms with Crippen molar-refractivity contribution < 1.29 is 4.42 Å². The Morgan fingerprint density at radius 2 is 1.50 bits per heavy atom. The van der Waals surface area contributed by atoms with Gasteiger partial charge in [-0.25, -0.2) is 4.98 Å². The third kappa shape index (κ3) is 2.33. The van der Waals surface area contributed by atoms with E-state index in [9.17, 15) is 0 Å². The van der Waals surface area contributed by atoms with Gasteiger partial charge in [0, 0.05) is 12.0 Å². The molecule has 0 amide bonds. The zero-order valence-corrected chi connectivity index (χ0v) is 9.91. The quantitative estimate of drug-likeness (QED) is 0.687. The minimum atomic E-state index is 0.682. The van der Waals surface area contributed by atoms with Crippen LogP contribution >= 0.6 is 0 Å². The third-order valence-corrected chi connectivity index (χ3v) is 2.80. The molecule has 0 atom stereocenters. The summed E-state index contributed by atoms with van der Waals surface area (Å²) in [5.74, 6) is 1.57. The first-order chi connectivity index (χ1) is 8.92. The second-order valence-corrected chi connectivity index (χ2v) is 4.16. The molecule has 2 aromatic carbocycles. The molecule has 1 heterocycles. The van der Waals surface area contributed by atoms with Crippen molar-refractivity contribution in [2.24, 2.45) is 0 Å². The Hall–Kier alpha value is -2.35. The van der Waals surface area contributed by atoms with Crippen LogP contribution in [0.4, 0.5) is 0 Å². The first-order valence-corrected chi connectivity index (χ1v) is 5.96. The lowest BCUT2D eigenvalue weighted by Gasteiger charge is -1.97. The van der Waals surface area contributed by atoms with Gasteiger partial charge in [-0.05, 0) is 17.7 Å². The lowest BCUT2D eigenvalue weighted by Crippen LogP contribution is -1.83. The van der Waals surface area contributed by atoms with Crippen LogP contribution in [0.15, 0.2) is 71.3 Å². The molecule has 3 rings (SSSR count). The fraction of sp³-hybridized carbons (Fsp3) is 0.0625. The van der Waals surface area contributed by atoms with Crippen molar-refractivity contribution in [3.05, 3.63) is 78.2 Å². The van der Waals surface area contributed by atoms with Crippen LogP contribution in [0, 0.1) is 0 Å². The van der Waals surface area contributed by atoms with E-state index in [1.54, 1.807) is 6.20 Å². The molecule has 3 aromatic rings. The molecule has 88 valence electrons. The summed E-state index contributed by atoms with van der Waals surface area (Å²) < 4.78 is 5.76.